The zero-order valence-electron chi connectivity index (χ0n) is 12.9. The lowest BCUT2D eigenvalue weighted by molar-refractivity contribution is -0.120. The van der Waals surface area contributed by atoms with Crippen LogP contribution in [0.15, 0.2) is 48.5 Å². The fourth-order valence-corrected chi connectivity index (χ4v) is 2.38. The SMILES string of the molecule is Cc1ccc(NC(=O)CCNC(=O)Cc2ccccc2)c(Cl)c1. The number of benzene rings is 2. The Hall–Kier alpha value is -2.33. The van der Waals surface area contributed by atoms with Gasteiger partial charge in [0.15, 0.2) is 0 Å². The maximum atomic E-state index is 11.9. The first-order valence-electron chi connectivity index (χ1n) is 7.41. The van der Waals surface area contributed by atoms with E-state index < -0.39 is 0 Å². The number of rotatable bonds is 6. The predicted octanol–water partition coefficient (Wildman–Crippen LogP) is 3.34. The third-order valence-electron chi connectivity index (χ3n) is 3.28. The van der Waals surface area contributed by atoms with Crippen LogP contribution in [0.1, 0.15) is 17.5 Å². The summed E-state index contributed by atoms with van der Waals surface area (Å²) in [7, 11) is 0. The lowest BCUT2D eigenvalue weighted by atomic mass is 10.1. The number of amides is 2. The summed E-state index contributed by atoms with van der Waals surface area (Å²) in [6.07, 6.45) is 0.511. The first-order valence-corrected chi connectivity index (χ1v) is 7.79. The molecule has 0 aliphatic heterocycles. The minimum absolute atomic E-state index is 0.0997. The van der Waals surface area contributed by atoms with Crippen molar-refractivity contribution >= 4 is 29.1 Å². The molecule has 0 heterocycles. The lowest BCUT2D eigenvalue weighted by Gasteiger charge is -2.09. The van der Waals surface area contributed by atoms with Crippen molar-refractivity contribution in [2.24, 2.45) is 0 Å². The van der Waals surface area contributed by atoms with Crippen molar-refractivity contribution < 1.29 is 9.59 Å². The molecule has 0 aliphatic rings. The molecule has 0 aromatic heterocycles. The Morgan fingerprint density at radius 1 is 1.04 bits per heavy atom. The fraction of sp³-hybridized carbons (Fsp3) is 0.222. The highest BCUT2D eigenvalue weighted by Gasteiger charge is 2.07. The van der Waals surface area contributed by atoms with Gasteiger partial charge in [-0.3, -0.25) is 9.59 Å². The maximum Gasteiger partial charge on any atom is 0.226 e. The van der Waals surface area contributed by atoms with Gasteiger partial charge in [0.2, 0.25) is 11.8 Å². The summed E-state index contributed by atoms with van der Waals surface area (Å²) < 4.78 is 0. The van der Waals surface area contributed by atoms with Crippen molar-refractivity contribution in [3.8, 4) is 0 Å². The molecule has 2 aromatic rings. The fourth-order valence-electron chi connectivity index (χ4n) is 2.09. The molecule has 2 N–H and O–H groups in total. The summed E-state index contributed by atoms with van der Waals surface area (Å²) in [5, 5.41) is 5.98. The number of hydrogen-bond acceptors (Lipinski definition) is 2. The Kier molecular flexibility index (Phi) is 6.18. The Labute approximate surface area is 140 Å². The zero-order chi connectivity index (χ0) is 16.7. The third-order valence-corrected chi connectivity index (χ3v) is 3.59. The van der Waals surface area contributed by atoms with E-state index >= 15 is 0 Å². The number of nitrogens with one attached hydrogen (secondary N) is 2. The Balaban J connectivity index is 1.73. The van der Waals surface area contributed by atoms with E-state index in [4.69, 9.17) is 11.6 Å². The van der Waals surface area contributed by atoms with Crippen LogP contribution in [0.3, 0.4) is 0 Å². The average Bonchev–Trinajstić information content (AvgIpc) is 2.51. The lowest BCUT2D eigenvalue weighted by Crippen LogP contribution is -2.28. The molecule has 0 spiro atoms. The van der Waals surface area contributed by atoms with Crippen molar-refractivity contribution in [1.29, 1.82) is 0 Å². The first-order chi connectivity index (χ1) is 11.0. The quantitative estimate of drug-likeness (QED) is 0.853. The van der Waals surface area contributed by atoms with Crippen molar-refractivity contribution in [2.45, 2.75) is 19.8 Å². The predicted molar refractivity (Wildman–Crippen MR) is 92.6 cm³/mol. The first kappa shape index (κ1) is 17.0. The zero-order valence-corrected chi connectivity index (χ0v) is 13.7. The molecular formula is C18H19ClN2O2. The molecule has 23 heavy (non-hydrogen) atoms. The molecule has 0 atom stereocenters. The minimum Gasteiger partial charge on any atom is -0.355 e. The molecule has 0 saturated carbocycles. The highest BCUT2D eigenvalue weighted by Crippen LogP contribution is 2.22. The third kappa shape index (κ3) is 5.75. The van der Waals surface area contributed by atoms with Gasteiger partial charge < -0.3 is 10.6 Å². The summed E-state index contributed by atoms with van der Waals surface area (Å²) >= 11 is 6.06. The minimum atomic E-state index is -0.184. The summed E-state index contributed by atoms with van der Waals surface area (Å²) in [5.74, 6) is -0.284. The standard InChI is InChI=1S/C18H19ClN2O2/c1-13-7-8-16(15(19)11-13)21-17(22)9-10-20-18(23)12-14-5-3-2-4-6-14/h2-8,11H,9-10,12H2,1H3,(H,20,23)(H,21,22). The van der Waals surface area contributed by atoms with Gasteiger partial charge in [0.05, 0.1) is 17.1 Å². The van der Waals surface area contributed by atoms with Gasteiger partial charge in [0.25, 0.3) is 0 Å². The highest BCUT2D eigenvalue weighted by atomic mass is 35.5. The van der Waals surface area contributed by atoms with Crippen molar-refractivity contribution in [3.05, 3.63) is 64.7 Å². The second-order valence-corrected chi connectivity index (χ2v) is 5.70. The molecule has 0 fully saturated rings. The van der Waals surface area contributed by atoms with Crippen LogP contribution in [0.25, 0.3) is 0 Å². The van der Waals surface area contributed by atoms with E-state index in [9.17, 15) is 9.59 Å². The van der Waals surface area contributed by atoms with Crippen LogP contribution in [0.5, 0.6) is 0 Å². The highest BCUT2D eigenvalue weighted by molar-refractivity contribution is 6.33. The number of hydrogen-bond donors (Lipinski definition) is 2. The van der Waals surface area contributed by atoms with Gasteiger partial charge in [-0.25, -0.2) is 0 Å². The van der Waals surface area contributed by atoms with Gasteiger partial charge in [-0.05, 0) is 30.2 Å². The average molecular weight is 331 g/mol. The number of carbonyl (C=O) groups excluding carboxylic acids is 2. The summed E-state index contributed by atoms with van der Waals surface area (Å²) in [6.45, 7) is 2.22. The van der Waals surface area contributed by atoms with Gasteiger partial charge in [-0.15, -0.1) is 0 Å². The second-order valence-electron chi connectivity index (χ2n) is 5.29. The number of halogens is 1. The van der Waals surface area contributed by atoms with Crippen LogP contribution in [0.2, 0.25) is 5.02 Å². The van der Waals surface area contributed by atoms with E-state index in [1.165, 1.54) is 0 Å². The van der Waals surface area contributed by atoms with Crippen LogP contribution < -0.4 is 10.6 Å². The molecule has 0 saturated heterocycles. The van der Waals surface area contributed by atoms with Crippen LogP contribution >= 0.6 is 11.6 Å². The smallest absolute Gasteiger partial charge is 0.226 e. The van der Waals surface area contributed by atoms with Crippen LogP contribution in [0.4, 0.5) is 5.69 Å². The monoisotopic (exact) mass is 330 g/mol. The summed E-state index contributed by atoms with van der Waals surface area (Å²) in [5.41, 5.74) is 2.56. The number of carbonyl (C=O) groups is 2. The van der Waals surface area contributed by atoms with Gasteiger partial charge in [-0.2, -0.15) is 0 Å². The van der Waals surface area contributed by atoms with E-state index in [-0.39, 0.29) is 18.2 Å². The van der Waals surface area contributed by atoms with E-state index in [2.05, 4.69) is 10.6 Å². The molecule has 0 aliphatic carbocycles. The molecule has 120 valence electrons. The molecule has 2 aromatic carbocycles. The van der Waals surface area contributed by atoms with Crippen LogP contribution in [-0.2, 0) is 16.0 Å². The topological polar surface area (TPSA) is 58.2 Å². The van der Waals surface area contributed by atoms with Gasteiger partial charge in [-0.1, -0.05) is 48.0 Å². The van der Waals surface area contributed by atoms with Crippen LogP contribution in [-0.4, -0.2) is 18.4 Å². The van der Waals surface area contributed by atoms with Crippen molar-refractivity contribution in [1.82, 2.24) is 5.32 Å². The van der Waals surface area contributed by atoms with Gasteiger partial charge >= 0.3 is 0 Å². The van der Waals surface area contributed by atoms with Gasteiger partial charge in [0, 0.05) is 13.0 Å². The van der Waals surface area contributed by atoms with Crippen LogP contribution in [0, 0.1) is 6.92 Å². The summed E-state index contributed by atoms with van der Waals surface area (Å²) in [6, 6.07) is 14.9. The Morgan fingerprint density at radius 3 is 2.48 bits per heavy atom. The molecule has 0 bridgehead atoms. The van der Waals surface area contributed by atoms with E-state index in [0.717, 1.165) is 11.1 Å². The molecule has 0 radical (unpaired) electrons. The molecular weight excluding hydrogens is 312 g/mol. The van der Waals surface area contributed by atoms with E-state index in [1.807, 2.05) is 43.3 Å². The van der Waals surface area contributed by atoms with E-state index in [0.29, 0.717) is 23.7 Å². The van der Waals surface area contributed by atoms with Crippen molar-refractivity contribution in [3.63, 3.8) is 0 Å². The number of aryl methyl sites for hydroxylation is 1. The molecule has 4 nitrogen and oxygen atoms in total. The second kappa shape index (κ2) is 8.34. The van der Waals surface area contributed by atoms with E-state index in [1.54, 1.807) is 12.1 Å². The largest absolute Gasteiger partial charge is 0.355 e. The van der Waals surface area contributed by atoms with Crippen molar-refractivity contribution in [2.75, 3.05) is 11.9 Å². The summed E-state index contributed by atoms with van der Waals surface area (Å²) in [4.78, 5) is 23.6. The normalized spacial score (nSPS) is 10.2. The molecule has 0 unspecified atom stereocenters. The Bertz CT molecular complexity index is 687. The molecule has 2 amide bonds. The molecule has 2 rings (SSSR count). The maximum absolute atomic E-state index is 11.9. The Morgan fingerprint density at radius 2 is 1.78 bits per heavy atom. The van der Waals surface area contributed by atoms with Gasteiger partial charge in [0.1, 0.15) is 0 Å². The number of anilines is 1. The molecule has 5 heteroatoms.